The van der Waals surface area contributed by atoms with Crippen LogP contribution < -0.4 is 5.32 Å². The lowest BCUT2D eigenvalue weighted by molar-refractivity contribution is -0.117. The van der Waals surface area contributed by atoms with Crippen molar-refractivity contribution in [2.24, 2.45) is 0 Å². The summed E-state index contributed by atoms with van der Waals surface area (Å²) in [6.45, 7) is 12.4. The van der Waals surface area contributed by atoms with E-state index in [-0.39, 0.29) is 11.9 Å². The van der Waals surface area contributed by atoms with Crippen molar-refractivity contribution in [3.05, 3.63) is 48.0 Å². The molecule has 168 valence electrons. The van der Waals surface area contributed by atoms with Crippen LogP contribution in [0.1, 0.15) is 42.9 Å². The third-order valence-electron chi connectivity index (χ3n) is 5.43. The molecule has 1 aliphatic heterocycles. The smallest absolute Gasteiger partial charge is 0.338 e. The average Bonchev–Trinajstić information content (AvgIpc) is 3.23. The van der Waals surface area contributed by atoms with Crippen LogP contribution in [-0.2, 0) is 16.1 Å². The number of ether oxygens (including phenoxy) is 1. The lowest BCUT2D eigenvalue weighted by Crippen LogP contribution is -2.49. The first kappa shape index (κ1) is 23.0. The third kappa shape index (κ3) is 6.63. The molecular weight excluding hydrogens is 394 g/mol. The zero-order valence-electron chi connectivity index (χ0n) is 18.7. The molecule has 1 aromatic carbocycles. The Hall–Kier alpha value is -2.71. The van der Waals surface area contributed by atoms with E-state index in [4.69, 9.17) is 4.74 Å². The van der Waals surface area contributed by atoms with Crippen LogP contribution in [0.4, 0.5) is 5.69 Å². The van der Waals surface area contributed by atoms with Crippen molar-refractivity contribution in [3.63, 3.8) is 0 Å². The van der Waals surface area contributed by atoms with Gasteiger partial charge in [-0.15, -0.1) is 0 Å². The van der Waals surface area contributed by atoms with E-state index in [2.05, 4.69) is 44.7 Å². The van der Waals surface area contributed by atoms with Gasteiger partial charge in [-0.1, -0.05) is 13.8 Å². The lowest BCUT2D eigenvalue weighted by Gasteiger charge is -2.34. The number of anilines is 1. The van der Waals surface area contributed by atoms with Crippen molar-refractivity contribution in [1.29, 1.82) is 0 Å². The van der Waals surface area contributed by atoms with Gasteiger partial charge in [-0.05, 0) is 31.2 Å². The molecule has 0 aliphatic carbocycles. The van der Waals surface area contributed by atoms with E-state index in [0.29, 0.717) is 30.3 Å². The topological polar surface area (TPSA) is 79.7 Å². The number of amides is 1. The number of imidazole rings is 1. The number of nitrogens with zero attached hydrogens (tertiary/aromatic N) is 4. The fourth-order valence-corrected chi connectivity index (χ4v) is 3.74. The van der Waals surface area contributed by atoms with Crippen LogP contribution in [0.5, 0.6) is 0 Å². The summed E-state index contributed by atoms with van der Waals surface area (Å²) in [6, 6.07) is 6.78. The highest BCUT2D eigenvalue weighted by Crippen LogP contribution is 2.13. The van der Waals surface area contributed by atoms with Crippen molar-refractivity contribution >= 4 is 17.6 Å². The van der Waals surface area contributed by atoms with Crippen molar-refractivity contribution in [2.45, 2.75) is 33.2 Å². The second-order valence-electron chi connectivity index (χ2n) is 8.10. The number of piperazine rings is 1. The monoisotopic (exact) mass is 427 g/mol. The van der Waals surface area contributed by atoms with Gasteiger partial charge in [0.1, 0.15) is 5.82 Å². The Morgan fingerprint density at radius 1 is 1.06 bits per heavy atom. The standard InChI is InChI=1S/C23H33N5O3/c1-4-31-23(30)19-5-7-20(8-6-19)25-21(29)17-27-13-11-26(12-14-27)15-16-28-10-9-24-22(28)18(2)3/h5-10,18H,4,11-17H2,1-3H3,(H,25,29). The summed E-state index contributed by atoms with van der Waals surface area (Å²) in [6.07, 6.45) is 3.92. The quantitative estimate of drug-likeness (QED) is 0.619. The molecule has 1 N–H and O–H groups in total. The molecule has 1 fully saturated rings. The first-order valence-electron chi connectivity index (χ1n) is 11.0. The predicted octanol–water partition coefficient (Wildman–Crippen LogP) is 2.44. The minimum absolute atomic E-state index is 0.0441. The van der Waals surface area contributed by atoms with Crippen molar-refractivity contribution in [3.8, 4) is 0 Å². The van der Waals surface area contributed by atoms with Crippen LogP contribution >= 0.6 is 0 Å². The number of carbonyl (C=O) groups excluding carboxylic acids is 2. The Labute approximate surface area is 184 Å². The predicted molar refractivity (Wildman–Crippen MR) is 120 cm³/mol. The van der Waals surface area contributed by atoms with Gasteiger partial charge in [0.05, 0.1) is 18.7 Å². The van der Waals surface area contributed by atoms with E-state index in [1.807, 2.05) is 6.20 Å². The van der Waals surface area contributed by atoms with Crippen molar-refractivity contribution in [1.82, 2.24) is 19.4 Å². The molecule has 2 heterocycles. The van der Waals surface area contributed by atoms with E-state index in [0.717, 1.165) is 45.1 Å². The zero-order chi connectivity index (χ0) is 22.2. The molecule has 0 bridgehead atoms. The number of hydrogen-bond acceptors (Lipinski definition) is 6. The number of aromatic nitrogens is 2. The first-order chi connectivity index (χ1) is 15.0. The molecule has 0 radical (unpaired) electrons. The summed E-state index contributed by atoms with van der Waals surface area (Å²) in [5.41, 5.74) is 1.16. The van der Waals surface area contributed by atoms with Crippen LogP contribution in [0.25, 0.3) is 0 Å². The fraction of sp³-hybridized carbons (Fsp3) is 0.522. The highest BCUT2D eigenvalue weighted by Gasteiger charge is 2.19. The molecule has 8 nitrogen and oxygen atoms in total. The second kappa shape index (κ2) is 11.1. The summed E-state index contributed by atoms with van der Waals surface area (Å²) in [5, 5.41) is 2.90. The number of hydrogen-bond donors (Lipinski definition) is 1. The maximum Gasteiger partial charge on any atom is 0.338 e. The Bertz CT molecular complexity index is 854. The first-order valence-corrected chi connectivity index (χ1v) is 11.0. The third-order valence-corrected chi connectivity index (χ3v) is 5.43. The van der Waals surface area contributed by atoms with E-state index in [1.54, 1.807) is 31.2 Å². The van der Waals surface area contributed by atoms with Gasteiger partial charge in [0.25, 0.3) is 0 Å². The molecule has 0 spiro atoms. The highest BCUT2D eigenvalue weighted by atomic mass is 16.5. The molecule has 8 heteroatoms. The van der Waals surface area contributed by atoms with Crippen LogP contribution in [-0.4, -0.2) is 77.1 Å². The Morgan fingerprint density at radius 3 is 2.39 bits per heavy atom. The van der Waals surface area contributed by atoms with Gasteiger partial charge in [-0.3, -0.25) is 14.6 Å². The molecule has 31 heavy (non-hydrogen) atoms. The summed E-state index contributed by atoms with van der Waals surface area (Å²) in [5.74, 6) is 1.15. The second-order valence-corrected chi connectivity index (χ2v) is 8.10. The summed E-state index contributed by atoms with van der Waals surface area (Å²) in [4.78, 5) is 33.2. The van der Waals surface area contributed by atoms with E-state index < -0.39 is 0 Å². The maximum atomic E-state index is 12.4. The average molecular weight is 428 g/mol. The van der Waals surface area contributed by atoms with E-state index in [1.165, 1.54) is 0 Å². The summed E-state index contributed by atoms with van der Waals surface area (Å²) in [7, 11) is 0. The summed E-state index contributed by atoms with van der Waals surface area (Å²) < 4.78 is 7.20. The molecule has 1 aliphatic rings. The number of carbonyl (C=O) groups is 2. The van der Waals surface area contributed by atoms with Gasteiger partial charge in [0, 0.05) is 63.3 Å². The largest absolute Gasteiger partial charge is 0.462 e. The van der Waals surface area contributed by atoms with Crippen LogP contribution in [0.3, 0.4) is 0 Å². The molecule has 1 saturated heterocycles. The molecular formula is C23H33N5O3. The van der Waals surface area contributed by atoms with Crippen LogP contribution in [0.15, 0.2) is 36.7 Å². The minimum atomic E-state index is -0.355. The maximum absolute atomic E-state index is 12.4. The van der Waals surface area contributed by atoms with Crippen molar-refractivity contribution in [2.75, 3.05) is 51.2 Å². The van der Waals surface area contributed by atoms with Gasteiger partial charge < -0.3 is 14.6 Å². The SMILES string of the molecule is CCOC(=O)c1ccc(NC(=O)CN2CCN(CCn3ccnc3C(C)C)CC2)cc1. The van der Waals surface area contributed by atoms with E-state index in [9.17, 15) is 9.59 Å². The number of benzene rings is 1. The van der Waals surface area contributed by atoms with Crippen LogP contribution in [0.2, 0.25) is 0 Å². The molecule has 2 aromatic rings. The zero-order valence-corrected chi connectivity index (χ0v) is 18.7. The minimum Gasteiger partial charge on any atom is -0.462 e. The number of rotatable bonds is 9. The van der Waals surface area contributed by atoms with Gasteiger partial charge in [0.15, 0.2) is 0 Å². The molecule has 1 aromatic heterocycles. The normalized spacial score (nSPS) is 15.2. The summed E-state index contributed by atoms with van der Waals surface area (Å²) >= 11 is 0. The fourth-order valence-electron chi connectivity index (χ4n) is 3.74. The molecule has 0 saturated carbocycles. The van der Waals surface area contributed by atoms with Gasteiger partial charge in [-0.25, -0.2) is 9.78 Å². The molecule has 1 amide bonds. The van der Waals surface area contributed by atoms with Crippen molar-refractivity contribution < 1.29 is 14.3 Å². The van der Waals surface area contributed by atoms with Gasteiger partial charge in [-0.2, -0.15) is 0 Å². The Balaban J connectivity index is 1.39. The van der Waals surface area contributed by atoms with Crippen LogP contribution in [0, 0.1) is 0 Å². The van der Waals surface area contributed by atoms with Gasteiger partial charge in [0.2, 0.25) is 5.91 Å². The molecule has 0 unspecified atom stereocenters. The Kier molecular flexibility index (Phi) is 8.20. The molecule has 0 atom stereocenters. The van der Waals surface area contributed by atoms with E-state index >= 15 is 0 Å². The lowest BCUT2D eigenvalue weighted by atomic mass is 10.2. The van der Waals surface area contributed by atoms with Gasteiger partial charge >= 0.3 is 5.97 Å². The number of nitrogens with one attached hydrogen (secondary N) is 1. The Morgan fingerprint density at radius 2 is 1.74 bits per heavy atom. The number of esters is 1. The highest BCUT2D eigenvalue weighted by molar-refractivity contribution is 5.94. The molecule has 3 rings (SSSR count).